The first kappa shape index (κ1) is 39.7. The molecule has 3 atom stereocenters. The predicted octanol–water partition coefficient (Wildman–Crippen LogP) is 3.26. The quantitative estimate of drug-likeness (QED) is 0.182. The maximum absolute atomic E-state index is 13.0. The van der Waals surface area contributed by atoms with Crippen LogP contribution in [0.15, 0.2) is 30.3 Å². The van der Waals surface area contributed by atoms with Crippen molar-refractivity contribution < 1.29 is 47.7 Å². The highest BCUT2D eigenvalue weighted by molar-refractivity contribution is 5.91. The first-order chi connectivity index (χ1) is 21.0. The lowest BCUT2D eigenvalue weighted by molar-refractivity contribution is -0.157. The van der Waals surface area contributed by atoms with E-state index < -0.39 is 70.9 Å². The monoisotopic (exact) mass is 650 g/mol. The predicted molar refractivity (Wildman–Crippen MR) is 168 cm³/mol. The van der Waals surface area contributed by atoms with Gasteiger partial charge in [-0.25, -0.2) is 19.2 Å². The third-order valence-corrected chi connectivity index (χ3v) is 5.49. The maximum atomic E-state index is 13.0. The summed E-state index contributed by atoms with van der Waals surface area (Å²) in [5.41, 5.74) is -1.75. The van der Waals surface area contributed by atoms with E-state index in [0.717, 1.165) is 0 Å². The average molecular weight is 651 g/mol. The van der Waals surface area contributed by atoms with E-state index in [-0.39, 0.29) is 26.0 Å². The Bertz CT molecular complexity index is 1200. The van der Waals surface area contributed by atoms with Crippen LogP contribution in [0.1, 0.15) is 87.6 Å². The van der Waals surface area contributed by atoms with E-state index in [0.29, 0.717) is 5.56 Å². The zero-order valence-electron chi connectivity index (χ0n) is 28.5. The number of carbonyl (C=O) groups excluding carboxylic acids is 6. The summed E-state index contributed by atoms with van der Waals surface area (Å²) in [5.74, 6) is -2.93. The normalized spacial score (nSPS) is 13.6. The van der Waals surface area contributed by atoms with Crippen LogP contribution in [-0.4, -0.2) is 77.4 Å². The van der Waals surface area contributed by atoms with E-state index in [2.05, 4.69) is 21.3 Å². The van der Waals surface area contributed by atoms with Gasteiger partial charge in [-0.2, -0.15) is 0 Å². The molecule has 14 heteroatoms. The smallest absolute Gasteiger partial charge is 0.408 e. The molecule has 0 saturated carbocycles. The second kappa shape index (κ2) is 17.4. The SMILES string of the molecule is C[C@@H](NC(=O)CC[C@@H](NC(=O)OC(C)(C)C)C(=O)OC(C)(C)C)C(=O)N[C@@H](CNC(=O)OC(C)(C)C)C(=O)OCc1ccccc1. The Balaban J connectivity index is 2.87. The molecule has 0 aliphatic heterocycles. The standard InChI is InChI=1S/C32H50N4O10/c1-20(34-24(37)17-16-22(27(40)44-30(2,3)4)36-29(42)46-32(8,9)10)25(38)35-23(18-33-28(41)45-31(5,6)7)26(39)43-19-21-14-12-11-13-15-21/h11-15,20,22-23H,16-19H2,1-10H3,(H,33,41)(H,34,37)(H,35,38)(H,36,42)/t20-,22-,23+/m1/s1. The van der Waals surface area contributed by atoms with Crippen molar-refractivity contribution in [1.82, 2.24) is 21.3 Å². The molecule has 1 rings (SSSR count). The summed E-state index contributed by atoms with van der Waals surface area (Å²) >= 11 is 0. The number of hydrogen-bond acceptors (Lipinski definition) is 10. The summed E-state index contributed by atoms with van der Waals surface area (Å²) in [6, 6.07) is 5.24. The lowest BCUT2D eigenvalue weighted by Gasteiger charge is -2.26. The minimum atomic E-state index is -1.31. The molecule has 14 nitrogen and oxygen atoms in total. The Hall–Kier alpha value is -4.36. The molecular formula is C32H50N4O10. The van der Waals surface area contributed by atoms with Gasteiger partial charge in [0.25, 0.3) is 0 Å². The molecule has 0 unspecified atom stereocenters. The van der Waals surface area contributed by atoms with Crippen LogP contribution < -0.4 is 21.3 Å². The van der Waals surface area contributed by atoms with Crippen LogP contribution in [0, 0.1) is 0 Å². The second-order valence-electron chi connectivity index (χ2n) is 13.6. The Kier molecular flexibility index (Phi) is 15.0. The van der Waals surface area contributed by atoms with Crippen LogP contribution in [0.2, 0.25) is 0 Å². The van der Waals surface area contributed by atoms with Crippen LogP contribution in [0.3, 0.4) is 0 Å². The lowest BCUT2D eigenvalue weighted by Crippen LogP contribution is -2.54. The number of ether oxygens (including phenoxy) is 4. The second-order valence-corrected chi connectivity index (χ2v) is 13.6. The molecule has 0 aliphatic carbocycles. The molecule has 0 heterocycles. The largest absolute Gasteiger partial charge is 0.459 e. The number of alkyl carbamates (subject to hydrolysis) is 2. The van der Waals surface area contributed by atoms with Crippen molar-refractivity contribution in [1.29, 1.82) is 0 Å². The fraction of sp³-hybridized carbons (Fsp3) is 0.625. The van der Waals surface area contributed by atoms with E-state index in [1.807, 2.05) is 6.07 Å². The first-order valence-electron chi connectivity index (χ1n) is 15.0. The third kappa shape index (κ3) is 17.8. The van der Waals surface area contributed by atoms with E-state index in [1.165, 1.54) is 6.92 Å². The van der Waals surface area contributed by atoms with Crippen molar-refractivity contribution in [3.05, 3.63) is 35.9 Å². The van der Waals surface area contributed by atoms with Crippen molar-refractivity contribution in [3.8, 4) is 0 Å². The third-order valence-electron chi connectivity index (χ3n) is 5.49. The topological polar surface area (TPSA) is 187 Å². The lowest BCUT2D eigenvalue weighted by atomic mass is 10.1. The summed E-state index contributed by atoms with van der Waals surface area (Å²) in [7, 11) is 0. The number of hydrogen-bond donors (Lipinski definition) is 4. The molecule has 0 spiro atoms. The highest BCUT2D eigenvalue weighted by atomic mass is 16.6. The number of esters is 2. The molecule has 1 aromatic carbocycles. The summed E-state index contributed by atoms with van der Waals surface area (Å²) in [6.45, 7) is 16.0. The van der Waals surface area contributed by atoms with Gasteiger partial charge in [-0.3, -0.25) is 9.59 Å². The number of carbonyl (C=O) groups is 6. The Morgan fingerprint density at radius 3 is 1.76 bits per heavy atom. The molecule has 0 saturated heterocycles. The molecule has 0 aliphatic rings. The van der Waals surface area contributed by atoms with E-state index in [9.17, 15) is 28.8 Å². The van der Waals surface area contributed by atoms with Gasteiger partial charge in [0.2, 0.25) is 11.8 Å². The molecule has 0 bridgehead atoms. The van der Waals surface area contributed by atoms with Crippen molar-refractivity contribution in [2.75, 3.05) is 6.54 Å². The molecule has 0 fully saturated rings. The van der Waals surface area contributed by atoms with Crippen molar-refractivity contribution in [3.63, 3.8) is 0 Å². The molecule has 46 heavy (non-hydrogen) atoms. The van der Waals surface area contributed by atoms with E-state index in [1.54, 1.807) is 86.6 Å². The van der Waals surface area contributed by atoms with Crippen molar-refractivity contribution >= 4 is 35.9 Å². The van der Waals surface area contributed by atoms with Gasteiger partial charge in [-0.15, -0.1) is 0 Å². The van der Waals surface area contributed by atoms with Crippen LogP contribution >= 0.6 is 0 Å². The van der Waals surface area contributed by atoms with Gasteiger partial charge in [0.05, 0.1) is 6.54 Å². The van der Waals surface area contributed by atoms with Gasteiger partial charge in [0, 0.05) is 6.42 Å². The zero-order valence-corrected chi connectivity index (χ0v) is 28.5. The van der Waals surface area contributed by atoms with Crippen LogP contribution in [0.5, 0.6) is 0 Å². The maximum Gasteiger partial charge on any atom is 0.408 e. The van der Waals surface area contributed by atoms with Gasteiger partial charge >= 0.3 is 24.1 Å². The Labute approximate surface area is 271 Å². The molecule has 0 aromatic heterocycles. The highest BCUT2D eigenvalue weighted by Gasteiger charge is 2.31. The van der Waals surface area contributed by atoms with Gasteiger partial charge in [0.15, 0.2) is 0 Å². The van der Waals surface area contributed by atoms with Gasteiger partial charge in [-0.1, -0.05) is 30.3 Å². The summed E-state index contributed by atoms with van der Waals surface area (Å²) in [6.07, 6.45) is -2.08. The fourth-order valence-electron chi connectivity index (χ4n) is 3.55. The average Bonchev–Trinajstić information content (AvgIpc) is 2.89. The first-order valence-corrected chi connectivity index (χ1v) is 15.0. The van der Waals surface area contributed by atoms with Gasteiger partial charge in [-0.05, 0) is 81.2 Å². The molecule has 0 radical (unpaired) electrons. The summed E-state index contributed by atoms with van der Waals surface area (Å²) in [4.78, 5) is 75.9. The van der Waals surface area contributed by atoms with E-state index >= 15 is 0 Å². The Morgan fingerprint density at radius 2 is 1.22 bits per heavy atom. The highest BCUT2D eigenvalue weighted by Crippen LogP contribution is 2.13. The molecule has 4 amide bonds. The number of rotatable bonds is 13. The molecule has 258 valence electrons. The fourth-order valence-corrected chi connectivity index (χ4v) is 3.55. The van der Waals surface area contributed by atoms with Crippen LogP contribution in [-0.2, 0) is 44.7 Å². The number of amides is 4. The van der Waals surface area contributed by atoms with Crippen molar-refractivity contribution in [2.24, 2.45) is 0 Å². The Morgan fingerprint density at radius 1 is 0.674 bits per heavy atom. The summed E-state index contributed by atoms with van der Waals surface area (Å²) in [5, 5.41) is 9.86. The molecular weight excluding hydrogens is 600 g/mol. The molecule has 4 N–H and O–H groups in total. The van der Waals surface area contributed by atoms with Crippen LogP contribution in [0.4, 0.5) is 9.59 Å². The minimum Gasteiger partial charge on any atom is -0.459 e. The van der Waals surface area contributed by atoms with Crippen LogP contribution in [0.25, 0.3) is 0 Å². The zero-order chi connectivity index (χ0) is 35.3. The number of benzene rings is 1. The van der Waals surface area contributed by atoms with Crippen molar-refractivity contribution in [2.45, 2.75) is 124 Å². The number of nitrogens with one attached hydrogen (secondary N) is 4. The van der Waals surface area contributed by atoms with Gasteiger partial charge in [0.1, 0.15) is 41.5 Å². The summed E-state index contributed by atoms with van der Waals surface area (Å²) < 4.78 is 21.1. The minimum absolute atomic E-state index is 0.0685. The van der Waals surface area contributed by atoms with Gasteiger partial charge < -0.3 is 40.2 Å². The van der Waals surface area contributed by atoms with E-state index in [4.69, 9.17) is 18.9 Å². The molecule has 1 aromatic rings.